The Kier molecular flexibility index (Phi) is 8.80. The largest absolute Gasteiger partial charge is 0.505 e. The van der Waals surface area contributed by atoms with Gasteiger partial charge in [0.25, 0.3) is 0 Å². The molecule has 2 saturated carbocycles. The van der Waals surface area contributed by atoms with Crippen molar-refractivity contribution in [2.45, 2.75) is 36.5 Å². The van der Waals surface area contributed by atoms with Crippen LogP contribution in [0, 0.1) is 23.7 Å². The van der Waals surface area contributed by atoms with Crippen LogP contribution in [-0.2, 0) is 23.9 Å². The van der Waals surface area contributed by atoms with Gasteiger partial charge in [-0.15, -0.1) is 0 Å². The Morgan fingerprint density at radius 1 is 0.943 bits per heavy atom. The minimum atomic E-state index is -3.12. The van der Waals surface area contributed by atoms with Crippen LogP contribution in [0.25, 0.3) is 11.1 Å². The summed E-state index contributed by atoms with van der Waals surface area (Å²) in [5.41, 5.74) is 6.19. The SMILES string of the molecule is C[C@H]1c2ccc(NC(=S)NC(=O)OCC3c4ccccc4-c4ccccc43)c(O)c2C(=O)C2C(=O)[C@]3(O)C(=O)C(C(N)=O)C(=O)[C@@H](N(C)C)C3[C@@H](O)C21. The topological polar surface area (TPSA) is 226 Å². The number of benzene rings is 3. The average molecular weight is 741 g/mol. The van der Waals surface area contributed by atoms with Crippen LogP contribution in [0.4, 0.5) is 10.5 Å². The van der Waals surface area contributed by atoms with Gasteiger partial charge in [0, 0.05) is 11.8 Å². The van der Waals surface area contributed by atoms with E-state index in [1.165, 1.54) is 31.1 Å². The fraction of sp³-hybridized carbons (Fsp3) is 0.342. The highest BCUT2D eigenvalue weighted by atomic mass is 32.1. The Bertz CT molecular complexity index is 2110. The van der Waals surface area contributed by atoms with Crippen molar-refractivity contribution in [3.8, 4) is 16.9 Å². The Morgan fingerprint density at radius 2 is 1.55 bits per heavy atom. The Hall–Kier alpha value is -5.35. The number of alkyl carbamates (subject to hydrolysis) is 1. The van der Waals surface area contributed by atoms with Crippen molar-refractivity contribution < 1.29 is 48.8 Å². The van der Waals surface area contributed by atoms with Crippen molar-refractivity contribution in [1.29, 1.82) is 0 Å². The molecular formula is C38H36N4O10S. The van der Waals surface area contributed by atoms with E-state index in [1.54, 1.807) is 6.92 Å². The van der Waals surface area contributed by atoms with E-state index < -0.39 is 88.2 Å². The summed E-state index contributed by atoms with van der Waals surface area (Å²) < 4.78 is 5.53. The van der Waals surface area contributed by atoms with Gasteiger partial charge >= 0.3 is 6.09 Å². The first-order chi connectivity index (χ1) is 25.1. The Balaban J connectivity index is 1.12. The minimum Gasteiger partial charge on any atom is -0.505 e. The van der Waals surface area contributed by atoms with Crippen LogP contribution in [-0.4, -0.2) is 98.9 Å². The fourth-order valence-corrected chi connectivity index (χ4v) is 9.16. The number of nitrogens with zero attached hydrogens (tertiary/aromatic N) is 1. The van der Waals surface area contributed by atoms with E-state index in [-0.39, 0.29) is 34.5 Å². The normalized spacial score (nSPS) is 28.7. The number of aliphatic hydroxyl groups is 2. The Labute approximate surface area is 308 Å². The van der Waals surface area contributed by atoms with Crippen LogP contribution in [0.15, 0.2) is 60.7 Å². The van der Waals surface area contributed by atoms with Crippen molar-refractivity contribution >= 4 is 58.2 Å². The number of primary amides is 1. The molecule has 274 valence electrons. The molecule has 53 heavy (non-hydrogen) atoms. The molecule has 15 heteroatoms. The lowest BCUT2D eigenvalue weighted by atomic mass is 9.49. The number of nitrogens with two attached hydrogens (primary N) is 1. The number of rotatable bonds is 5. The number of amides is 2. The number of thiocarbonyl (C=S) groups is 1. The van der Waals surface area contributed by atoms with Crippen molar-refractivity contribution in [3.05, 3.63) is 82.9 Å². The number of likely N-dealkylation sites (N-methyl/N-ethyl adjacent to an activating group) is 1. The summed E-state index contributed by atoms with van der Waals surface area (Å²) in [6, 6.07) is 17.1. The maximum absolute atomic E-state index is 14.2. The van der Waals surface area contributed by atoms with Gasteiger partial charge in [0.15, 0.2) is 39.8 Å². The number of ether oxygens (including phenoxy) is 1. The van der Waals surface area contributed by atoms with Crippen molar-refractivity contribution in [3.63, 3.8) is 0 Å². The predicted molar refractivity (Wildman–Crippen MR) is 192 cm³/mol. The van der Waals surface area contributed by atoms with Gasteiger partial charge in [-0.1, -0.05) is 61.5 Å². The summed E-state index contributed by atoms with van der Waals surface area (Å²) in [6.45, 7) is 1.61. The van der Waals surface area contributed by atoms with Crippen LogP contribution >= 0.6 is 12.2 Å². The van der Waals surface area contributed by atoms with Crippen molar-refractivity contribution in [1.82, 2.24) is 10.2 Å². The quantitative estimate of drug-likeness (QED) is 0.124. The second-order valence-electron chi connectivity index (χ2n) is 14.2. The molecule has 14 nitrogen and oxygen atoms in total. The molecule has 0 radical (unpaired) electrons. The molecule has 3 aromatic carbocycles. The minimum absolute atomic E-state index is 0.0146. The smallest absolute Gasteiger partial charge is 0.413 e. The molecule has 7 rings (SSSR count). The zero-order valence-corrected chi connectivity index (χ0v) is 29.5. The van der Waals surface area contributed by atoms with Crippen LogP contribution < -0.4 is 16.4 Å². The molecule has 0 spiro atoms. The van der Waals surface area contributed by atoms with Gasteiger partial charge in [-0.25, -0.2) is 4.79 Å². The summed E-state index contributed by atoms with van der Waals surface area (Å²) in [5.74, 6) is -14.8. The highest BCUT2D eigenvalue weighted by Crippen LogP contribution is 2.55. The number of aromatic hydroxyl groups is 1. The molecule has 0 aliphatic heterocycles. The second kappa shape index (κ2) is 12.9. The third-order valence-electron chi connectivity index (χ3n) is 11.3. The average Bonchev–Trinajstić information content (AvgIpc) is 3.43. The van der Waals surface area contributed by atoms with E-state index in [9.17, 15) is 44.1 Å². The van der Waals surface area contributed by atoms with E-state index in [0.717, 1.165) is 22.3 Å². The number of hydrogen-bond acceptors (Lipinski definition) is 12. The lowest BCUT2D eigenvalue weighted by molar-refractivity contribution is -0.196. The lowest BCUT2D eigenvalue weighted by Crippen LogP contribution is -2.77. The number of Topliss-reactive ketones (excluding diaryl/α,β-unsaturated/α-hetero) is 4. The summed E-state index contributed by atoms with van der Waals surface area (Å²) in [7, 11) is 2.84. The number of nitrogens with one attached hydrogen (secondary N) is 2. The highest BCUT2D eigenvalue weighted by Gasteiger charge is 2.73. The number of carbonyl (C=O) groups excluding carboxylic acids is 6. The molecular weight excluding hydrogens is 705 g/mol. The van der Waals surface area contributed by atoms with Crippen LogP contribution in [0.2, 0.25) is 0 Å². The maximum Gasteiger partial charge on any atom is 0.413 e. The van der Waals surface area contributed by atoms with Gasteiger partial charge in [0.05, 0.1) is 35.2 Å². The number of fused-ring (bicyclic) bond motifs is 6. The summed E-state index contributed by atoms with van der Waals surface area (Å²) in [4.78, 5) is 81.7. The lowest BCUT2D eigenvalue weighted by Gasteiger charge is -2.56. The van der Waals surface area contributed by atoms with Gasteiger partial charge in [0.2, 0.25) is 5.91 Å². The summed E-state index contributed by atoms with van der Waals surface area (Å²) >= 11 is 5.30. The standard InChI is InChI=1S/C38H36N4O10S/c1-15-16-12-13-22(40-36(53)41-37(50)52-14-21-19-10-6-4-8-17(19)18-9-5-7-11-20(18)21)29(43)24(16)30(44)25-23(15)31(45)27-28(42(2)3)32(46)26(35(39)49)34(48)38(27,51)33(25)47/h4-13,15,21,23,25-28,31,43,45,51H,14H2,1-3H3,(H2,39,49)(H2,40,41,50,53)/t15-,23?,25?,26?,27?,28-,31-,38-/m0/s1. The maximum atomic E-state index is 14.2. The molecule has 0 bridgehead atoms. The number of aliphatic hydroxyl groups excluding tert-OH is 1. The molecule has 0 saturated heterocycles. The van der Waals surface area contributed by atoms with E-state index in [4.69, 9.17) is 22.7 Å². The third-order valence-corrected chi connectivity index (χ3v) is 11.5. The number of anilines is 1. The monoisotopic (exact) mass is 740 g/mol. The zero-order valence-electron chi connectivity index (χ0n) is 28.7. The number of carbonyl (C=O) groups is 6. The summed E-state index contributed by atoms with van der Waals surface area (Å²) in [5, 5.41) is 39.8. The molecule has 2 fully saturated rings. The number of phenols is 1. The van der Waals surface area contributed by atoms with E-state index in [2.05, 4.69) is 10.6 Å². The molecule has 0 heterocycles. The first-order valence-electron chi connectivity index (χ1n) is 16.9. The van der Waals surface area contributed by atoms with Gasteiger partial charge in [-0.3, -0.25) is 34.2 Å². The molecule has 0 aromatic heterocycles. The zero-order chi connectivity index (χ0) is 38.3. The predicted octanol–water partition coefficient (Wildman–Crippen LogP) is 1.63. The van der Waals surface area contributed by atoms with Crippen LogP contribution in [0.1, 0.15) is 45.8 Å². The number of phenolic OH excluding ortho intramolecular Hbond substituents is 1. The molecule has 3 aromatic rings. The van der Waals surface area contributed by atoms with E-state index in [0.29, 0.717) is 0 Å². The van der Waals surface area contributed by atoms with Gasteiger partial charge in [0.1, 0.15) is 12.4 Å². The van der Waals surface area contributed by atoms with Crippen LogP contribution in [0.5, 0.6) is 5.75 Å². The van der Waals surface area contributed by atoms with Crippen LogP contribution in [0.3, 0.4) is 0 Å². The highest BCUT2D eigenvalue weighted by molar-refractivity contribution is 7.80. The van der Waals surface area contributed by atoms with Gasteiger partial charge in [-0.05, 0) is 66.1 Å². The molecule has 2 amide bonds. The van der Waals surface area contributed by atoms with Crippen molar-refractivity contribution in [2.75, 3.05) is 26.0 Å². The molecule has 7 N–H and O–H groups in total. The molecule has 4 aliphatic carbocycles. The van der Waals surface area contributed by atoms with E-state index in [1.807, 2.05) is 48.5 Å². The summed E-state index contributed by atoms with van der Waals surface area (Å²) in [6.07, 6.45) is -2.63. The second-order valence-corrected chi connectivity index (χ2v) is 14.6. The molecule has 4 unspecified atom stereocenters. The number of ketones is 4. The molecule has 4 aliphatic rings. The van der Waals surface area contributed by atoms with E-state index >= 15 is 0 Å². The first-order valence-corrected chi connectivity index (χ1v) is 17.3. The number of hydrogen-bond donors (Lipinski definition) is 6. The Morgan fingerprint density at radius 3 is 2.13 bits per heavy atom. The molecule has 8 atom stereocenters. The van der Waals surface area contributed by atoms with Crippen molar-refractivity contribution in [2.24, 2.45) is 29.4 Å². The first kappa shape index (κ1) is 36.0. The van der Waals surface area contributed by atoms with Gasteiger partial charge in [-0.2, -0.15) is 0 Å². The van der Waals surface area contributed by atoms with Gasteiger partial charge < -0.3 is 31.1 Å². The third kappa shape index (κ3) is 5.29. The fourth-order valence-electron chi connectivity index (χ4n) is 8.97.